The normalized spacial score (nSPS) is 18.9. The van der Waals surface area contributed by atoms with Gasteiger partial charge in [0.1, 0.15) is 6.04 Å². The molecule has 5 amide bonds. The predicted octanol–water partition coefficient (Wildman–Crippen LogP) is 3.92. The number of hydrogen-bond acceptors (Lipinski definition) is 11. The van der Waals surface area contributed by atoms with Crippen molar-refractivity contribution in [1.82, 2.24) is 44.1 Å². The lowest BCUT2D eigenvalue weighted by molar-refractivity contribution is -0.139. The van der Waals surface area contributed by atoms with Crippen LogP contribution in [0.2, 0.25) is 0 Å². The van der Waals surface area contributed by atoms with Gasteiger partial charge in [-0.05, 0) is 98.4 Å². The molecule has 3 fully saturated rings. The van der Waals surface area contributed by atoms with Crippen molar-refractivity contribution in [1.29, 1.82) is 0 Å². The summed E-state index contributed by atoms with van der Waals surface area (Å²) in [5, 5.41) is 11.0. The molecule has 5 aromatic rings. The third-order valence-corrected chi connectivity index (χ3v) is 13.7. The van der Waals surface area contributed by atoms with Crippen molar-refractivity contribution in [2.24, 2.45) is 13.0 Å². The number of amides is 5. The Hall–Kier alpha value is -6.56. The van der Waals surface area contributed by atoms with Gasteiger partial charge in [-0.2, -0.15) is 0 Å². The number of nitrogens with one attached hydrogen (secondary N) is 1. The van der Waals surface area contributed by atoms with Crippen LogP contribution in [0.5, 0.6) is 0 Å². The summed E-state index contributed by atoms with van der Waals surface area (Å²) in [7, 11) is 5.10. The summed E-state index contributed by atoms with van der Waals surface area (Å²) >= 11 is 0. The number of aryl methyl sites for hydroxylation is 3. The zero-order chi connectivity index (χ0) is 46.1. The van der Waals surface area contributed by atoms with Gasteiger partial charge in [-0.3, -0.25) is 43.1 Å². The van der Waals surface area contributed by atoms with Crippen LogP contribution in [-0.4, -0.2) is 134 Å². The Balaban J connectivity index is 0.773. The molecule has 0 spiro atoms. The van der Waals surface area contributed by atoms with E-state index in [0.717, 1.165) is 65.4 Å². The average molecular weight is 903 g/mol. The molecule has 0 aliphatic carbocycles. The Morgan fingerprint density at radius 1 is 0.924 bits per heavy atom. The van der Waals surface area contributed by atoms with Crippen molar-refractivity contribution in [3.63, 3.8) is 0 Å². The van der Waals surface area contributed by atoms with Gasteiger partial charge >= 0.3 is 5.69 Å². The second-order valence-electron chi connectivity index (χ2n) is 18.2. The first kappa shape index (κ1) is 44.6. The molecule has 66 heavy (non-hydrogen) atoms. The third kappa shape index (κ3) is 9.28. The first-order valence-electron chi connectivity index (χ1n) is 23.2. The van der Waals surface area contributed by atoms with Gasteiger partial charge in [-0.25, -0.2) is 4.79 Å². The number of piperidine rings is 3. The highest BCUT2D eigenvalue weighted by atomic mass is 16.5. The summed E-state index contributed by atoms with van der Waals surface area (Å²) in [6.07, 6.45) is 11.7. The number of hydrogen-bond donors (Lipinski definition) is 1. The van der Waals surface area contributed by atoms with Gasteiger partial charge in [0, 0.05) is 97.4 Å². The van der Waals surface area contributed by atoms with E-state index in [2.05, 4.69) is 32.7 Å². The predicted molar refractivity (Wildman–Crippen MR) is 245 cm³/mol. The molecule has 3 saturated heterocycles. The van der Waals surface area contributed by atoms with Crippen LogP contribution in [0.15, 0.2) is 64.1 Å². The number of likely N-dealkylation sites (tertiary alicyclic amines) is 1. The molecule has 1 N–H and O–H groups in total. The van der Waals surface area contributed by atoms with Gasteiger partial charge < -0.3 is 28.8 Å². The van der Waals surface area contributed by atoms with Crippen molar-refractivity contribution in [3.8, 4) is 0 Å². The highest BCUT2D eigenvalue weighted by Gasteiger charge is 2.34. The number of fused-ring (bicyclic) bond motifs is 2. The number of anilines is 1. The van der Waals surface area contributed by atoms with Crippen LogP contribution >= 0.6 is 0 Å². The maximum absolute atomic E-state index is 13.9. The Kier molecular flexibility index (Phi) is 12.9. The fourth-order valence-electron chi connectivity index (χ4n) is 9.96. The summed E-state index contributed by atoms with van der Waals surface area (Å²) in [5.74, 6) is -0.550. The van der Waals surface area contributed by atoms with Crippen molar-refractivity contribution in [2.45, 2.75) is 82.9 Å². The highest BCUT2D eigenvalue weighted by molar-refractivity contribution is 6.01. The zero-order valence-corrected chi connectivity index (χ0v) is 37.9. The van der Waals surface area contributed by atoms with E-state index < -0.39 is 11.9 Å². The number of aromatic nitrogens is 5. The van der Waals surface area contributed by atoms with E-state index in [0.29, 0.717) is 89.2 Å². The molecule has 4 aliphatic heterocycles. The van der Waals surface area contributed by atoms with Crippen LogP contribution in [0.3, 0.4) is 0 Å². The minimum absolute atomic E-state index is 0.0593. The fraction of sp³-hybridized carbons (Fsp3) is 0.500. The SMILES string of the molecule is CN(C)C(=O)c1cc2cc(C3=CCCN(C(=O)CCn4ccnn4)C3)cc(N3CCC(C(=O)N4CCC(OCCCc5ccc6c(c5)n(C)c(=O)n6C5CCC(=O)NC5=O)CC4)CC3)c2o1. The van der Waals surface area contributed by atoms with Gasteiger partial charge in [0.25, 0.3) is 5.91 Å². The van der Waals surface area contributed by atoms with Crippen molar-refractivity contribution < 1.29 is 33.1 Å². The lowest BCUT2D eigenvalue weighted by Gasteiger charge is -2.38. The molecule has 18 nitrogen and oxygen atoms in total. The molecule has 2 aromatic carbocycles. The Morgan fingerprint density at radius 2 is 1.73 bits per heavy atom. The molecule has 3 aromatic heterocycles. The van der Waals surface area contributed by atoms with E-state index in [4.69, 9.17) is 9.15 Å². The maximum Gasteiger partial charge on any atom is 0.329 e. The Bertz CT molecular complexity index is 2730. The molecular weight excluding hydrogens is 845 g/mol. The highest BCUT2D eigenvalue weighted by Crippen LogP contribution is 2.37. The van der Waals surface area contributed by atoms with Gasteiger partial charge in [0.2, 0.25) is 23.6 Å². The van der Waals surface area contributed by atoms with Crippen LogP contribution < -0.4 is 15.9 Å². The van der Waals surface area contributed by atoms with Crippen LogP contribution in [-0.2, 0) is 43.9 Å². The van der Waals surface area contributed by atoms with E-state index in [1.54, 1.807) is 48.9 Å². The van der Waals surface area contributed by atoms with Gasteiger partial charge in [0.05, 0.1) is 35.6 Å². The van der Waals surface area contributed by atoms with Crippen LogP contribution in [0.4, 0.5) is 5.69 Å². The van der Waals surface area contributed by atoms with E-state index in [1.807, 2.05) is 34.1 Å². The number of nitrogens with zero attached hydrogens (tertiary/aromatic N) is 9. The van der Waals surface area contributed by atoms with Gasteiger partial charge in [-0.1, -0.05) is 17.4 Å². The molecule has 1 atom stereocenters. The number of carbonyl (C=O) groups is 5. The first-order valence-corrected chi connectivity index (χ1v) is 23.2. The number of imide groups is 1. The van der Waals surface area contributed by atoms with Crippen LogP contribution in [0.1, 0.15) is 85.5 Å². The minimum atomic E-state index is -0.713. The second kappa shape index (κ2) is 19.1. The van der Waals surface area contributed by atoms with Crippen molar-refractivity contribution >= 4 is 62.8 Å². The lowest BCUT2D eigenvalue weighted by atomic mass is 9.93. The third-order valence-electron chi connectivity index (χ3n) is 13.7. The van der Waals surface area contributed by atoms with Gasteiger partial charge in [-0.15, -0.1) is 5.10 Å². The molecule has 0 bridgehead atoms. The number of benzene rings is 2. The average Bonchev–Trinajstić information content (AvgIpc) is 4.08. The molecule has 4 aliphatic rings. The van der Waals surface area contributed by atoms with Crippen molar-refractivity contribution in [3.05, 3.63) is 82.2 Å². The second-order valence-corrected chi connectivity index (χ2v) is 18.2. The van der Waals surface area contributed by atoms with E-state index in [9.17, 15) is 28.8 Å². The molecule has 0 radical (unpaired) electrons. The zero-order valence-electron chi connectivity index (χ0n) is 37.9. The Labute approximate surface area is 382 Å². The molecule has 18 heteroatoms. The summed E-state index contributed by atoms with van der Waals surface area (Å²) < 4.78 is 17.3. The monoisotopic (exact) mass is 902 g/mol. The molecule has 7 heterocycles. The topological polar surface area (TPSA) is 190 Å². The summed E-state index contributed by atoms with van der Waals surface area (Å²) in [6.45, 7) is 4.81. The quantitative estimate of drug-likeness (QED) is 0.133. The number of imidazole rings is 1. The number of carbonyl (C=O) groups excluding carboxylic acids is 5. The minimum Gasteiger partial charge on any atom is -0.449 e. The maximum atomic E-state index is 13.9. The van der Waals surface area contributed by atoms with Crippen molar-refractivity contribution in [2.75, 3.05) is 64.9 Å². The molecule has 348 valence electrons. The van der Waals surface area contributed by atoms with Crippen LogP contribution in [0.25, 0.3) is 27.6 Å². The lowest BCUT2D eigenvalue weighted by Crippen LogP contribution is -2.46. The smallest absolute Gasteiger partial charge is 0.329 e. The number of ether oxygens (including phenoxy) is 1. The number of furan rings is 1. The molecular formula is C48H58N10O8. The summed E-state index contributed by atoms with van der Waals surface area (Å²) in [5.41, 5.74) is 5.75. The molecule has 9 rings (SSSR count). The fourth-order valence-corrected chi connectivity index (χ4v) is 9.96. The summed E-state index contributed by atoms with van der Waals surface area (Å²) in [4.78, 5) is 85.3. The Morgan fingerprint density at radius 3 is 2.47 bits per heavy atom. The standard InChI is InChI=1S/C48H58N10O8/c1-52(2)47(63)41-29-35-27-34(33-7-4-18-56(30-33)43(60)16-23-57-24-17-49-51-57)28-40(44(35)66-41)54-19-12-32(13-20-54)46(62)55-21-14-36(15-22-55)65-25-5-6-31-8-9-37-39(26-31)53(3)48(64)58(37)38-10-11-42(59)50-45(38)61/h7-9,17,24,26-29,32,36,38H,4-6,10-16,18-23,25,30H2,1-3H3,(H,50,59,61). The molecule has 0 saturated carbocycles. The van der Waals surface area contributed by atoms with Crippen LogP contribution in [0, 0.1) is 5.92 Å². The number of rotatable bonds is 13. The van der Waals surface area contributed by atoms with E-state index >= 15 is 0 Å². The first-order chi connectivity index (χ1) is 31.9. The largest absolute Gasteiger partial charge is 0.449 e. The molecule has 1 unspecified atom stereocenters. The van der Waals surface area contributed by atoms with E-state index in [-0.39, 0.29) is 53.5 Å². The summed E-state index contributed by atoms with van der Waals surface area (Å²) in [6, 6.07) is 11.1. The van der Waals surface area contributed by atoms with E-state index in [1.165, 1.54) is 9.47 Å². The van der Waals surface area contributed by atoms with Gasteiger partial charge in [0.15, 0.2) is 11.3 Å².